The molecule has 4 nitrogen and oxygen atoms in total. The second-order valence-corrected chi connectivity index (χ2v) is 6.79. The minimum absolute atomic E-state index is 0.0301. The van der Waals surface area contributed by atoms with Crippen LogP contribution in [-0.4, -0.2) is 16.4 Å². The molecule has 23 heavy (non-hydrogen) atoms. The number of aromatic nitrogens is 1. The lowest BCUT2D eigenvalue weighted by Crippen LogP contribution is -2.37. The van der Waals surface area contributed by atoms with Crippen LogP contribution in [0.5, 0.6) is 0 Å². The van der Waals surface area contributed by atoms with E-state index in [1.807, 2.05) is 24.5 Å². The Morgan fingerprint density at radius 2 is 1.78 bits per heavy atom. The van der Waals surface area contributed by atoms with Crippen LogP contribution >= 0.6 is 0 Å². The summed E-state index contributed by atoms with van der Waals surface area (Å²) in [5.74, 6) is 0.404. The minimum Gasteiger partial charge on any atom is -0.326 e. The summed E-state index contributed by atoms with van der Waals surface area (Å²) in [5, 5.41) is 6.55. The van der Waals surface area contributed by atoms with Crippen LogP contribution in [0.25, 0.3) is 0 Å². The lowest BCUT2D eigenvalue weighted by Gasteiger charge is -2.27. The number of carbonyl (C=O) groups excluding carboxylic acids is 1. The molecular formula is C19H23N3O. The molecule has 4 heteroatoms. The Bertz CT molecular complexity index is 680. The summed E-state index contributed by atoms with van der Waals surface area (Å²) in [4.78, 5) is 15.2. The zero-order valence-electron chi connectivity index (χ0n) is 13.8. The molecule has 2 N–H and O–H groups in total. The predicted octanol–water partition coefficient (Wildman–Crippen LogP) is 3.64. The molecule has 1 fully saturated rings. The van der Waals surface area contributed by atoms with Crippen molar-refractivity contribution >= 4 is 11.6 Å². The highest BCUT2D eigenvalue weighted by atomic mass is 16.1. The Balaban J connectivity index is 1.79. The van der Waals surface area contributed by atoms with Gasteiger partial charge in [-0.05, 0) is 55.7 Å². The number of nitrogens with zero attached hydrogens (tertiary/aromatic N) is 1. The minimum atomic E-state index is -0.0457. The molecule has 1 aliphatic heterocycles. The summed E-state index contributed by atoms with van der Waals surface area (Å²) in [6, 6.07) is 12.6. The van der Waals surface area contributed by atoms with Crippen LogP contribution in [0.2, 0.25) is 0 Å². The van der Waals surface area contributed by atoms with Crippen LogP contribution < -0.4 is 10.6 Å². The van der Waals surface area contributed by atoms with Gasteiger partial charge in [0, 0.05) is 42.5 Å². The third kappa shape index (κ3) is 3.42. The first-order valence-electron chi connectivity index (χ1n) is 8.01. The van der Waals surface area contributed by atoms with Crippen molar-refractivity contribution in [3.63, 3.8) is 0 Å². The summed E-state index contributed by atoms with van der Waals surface area (Å²) >= 11 is 0. The van der Waals surface area contributed by atoms with Gasteiger partial charge >= 0.3 is 0 Å². The molecule has 0 aliphatic carbocycles. The van der Waals surface area contributed by atoms with E-state index in [4.69, 9.17) is 0 Å². The predicted molar refractivity (Wildman–Crippen MR) is 92.3 cm³/mol. The molecule has 2 unspecified atom stereocenters. The molecule has 1 saturated heterocycles. The average Bonchev–Trinajstić information content (AvgIpc) is 2.84. The first-order valence-corrected chi connectivity index (χ1v) is 8.01. The van der Waals surface area contributed by atoms with Crippen molar-refractivity contribution in [3.05, 3.63) is 59.9 Å². The van der Waals surface area contributed by atoms with Crippen molar-refractivity contribution in [1.29, 1.82) is 0 Å². The van der Waals surface area contributed by atoms with Gasteiger partial charge in [0.2, 0.25) is 5.91 Å². The number of rotatable bonds is 3. The van der Waals surface area contributed by atoms with E-state index < -0.39 is 0 Å². The smallest absolute Gasteiger partial charge is 0.221 e. The molecule has 1 aromatic carbocycles. The van der Waals surface area contributed by atoms with E-state index in [1.165, 1.54) is 18.1 Å². The highest BCUT2D eigenvalue weighted by molar-refractivity contribution is 5.88. The quantitative estimate of drug-likeness (QED) is 0.910. The summed E-state index contributed by atoms with van der Waals surface area (Å²) in [7, 11) is 0. The first-order chi connectivity index (χ1) is 11.0. The van der Waals surface area contributed by atoms with Gasteiger partial charge in [-0.25, -0.2) is 0 Å². The van der Waals surface area contributed by atoms with Gasteiger partial charge in [-0.2, -0.15) is 0 Å². The summed E-state index contributed by atoms with van der Waals surface area (Å²) in [6.07, 6.45) is 4.78. The maximum atomic E-state index is 11.1. The van der Waals surface area contributed by atoms with Crippen LogP contribution in [0, 0.1) is 0 Å². The normalized spacial score (nSPS) is 22.7. The van der Waals surface area contributed by atoms with Gasteiger partial charge in [-0.3, -0.25) is 9.78 Å². The maximum absolute atomic E-state index is 11.1. The number of nitrogens with one attached hydrogen (secondary N) is 2. The van der Waals surface area contributed by atoms with Crippen molar-refractivity contribution < 1.29 is 4.79 Å². The van der Waals surface area contributed by atoms with Crippen LogP contribution in [0.15, 0.2) is 48.8 Å². The standard InChI is InChI=1S/C19H23N3O/c1-13(23)21-16-6-4-15(5-7-16)18-12-17(19(2,3)22-18)14-8-10-20-11-9-14/h4-11,17-18,22H,12H2,1-3H3,(H,21,23). The highest BCUT2D eigenvalue weighted by Gasteiger charge is 2.40. The van der Waals surface area contributed by atoms with Gasteiger partial charge in [-0.15, -0.1) is 0 Å². The number of amides is 1. The third-order valence-electron chi connectivity index (χ3n) is 4.63. The maximum Gasteiger partial charge on any atom is 0.221 e. The molecule has 1 amide bonds. The SMILES string of the molecule is CC(=O)Nc1ccc(C2CC(c3ccncc3)C(C)(C)N2)cc1. The summed E-state index contributed by atoms with van der Waals surface area (Å²) < 4.78 is 0. The lowest BCUT2D eigenvalue weighted by atomic mass is 9.83. The Hall–Kier alpha value is -2.20. The van der Waals surface area contributed by atoms with E-state index in [2.05, 4.69) is 53.7 Å². The fourth-order valence-electron chi connectivity index (χ4n) is 3.51. The average molecular weight is 309 g/mol. The Morgan fingerprint density at radius 1 is 1.13 bits per heavy atom. The molecule has 2 heterocycles. The van der Waals surface area contributed by atoms with Crippen molar-refractivity contribution in [2.45, 2.75) is 44.7 Å². The van der Waals surface area contributed by atoms with Gasteiger partial charge in [0.05, 0.1) is 0 Å². The van der Waals surface area contributed by atoms with Crippen LogP contribution in [0.3, 0.4) is 0 Å². The van der Waals surface area contributed by atoms with Crippen molar-refractivity contribution in [2.24, 2.45) is 0 Å². The fourth-order valence-corrected chi connectivity index (χ4v) is 3.51. The molecule has 0 bridgehead atoms. The van der Waals surface area contributed by atoms with Gasteiger partial charge in [0.15, 0.2) is 0 Å². The Morgan fingerprint density at radius 3 is 2.39 bits per heavy atom. The number of hydrogen-bond acceptors (Lipinski definition) is 3. The van der Waals surface area contributed by atoms with E-state index in [0.717, 1.165) is 12.1 Å². The lowest BCUT2D eigenvalue weighted by molar-refractivity contribution is -0.114. The first kappa shape index (κ1) is 15.7. The van der Waals surface area contributed by atoms with Crippen LogP contribution in [-0.2, 0) is 4.79 Å². The van der Waals surface area contributed by atoms with Gasteiger partial charge in [0.1, 0.15) is 0 Å². The number of pyridine rings is 1. The number of hydrogen-bond donors (Lipinski definition) is 2. The molecule has 0 spiro atoms. The Labute approximate surface area is 137 Å². The molecule has 0 radical (unpaired) electrons. The van der Waals surface area contributed by atoms with Crippen molar-refractivity contribution in [3.8, 4) is 0 Å². The van der Waals surface area contributed by atoms with Crippen molar-refractivity contribution in [2.75, 3.05) is 5.32 Å². The Kier molecular flexibility index (Phi) is 4.18. The second-order valence-electron chi connectivity index (χ2n) is 6.79. The molecule has 1 aromatic heterocycles. The summed E-state index contributed by atoms with van der Waals surface area (Å²) in [6.45, 7) is 6.03. The van der Waals surface area contributed by atoms with E-state index >= 15 is 0 Å². The zero-order valence-corrected chi connectivity index (χ0v) is 13.8. The fraction of sp³-hybridized carbons (Fsp3) is 0.368. The number of carbonyl (C=O) groups is 1. The molecular weight excluding hydrogens is 286 g/mol. The van der Waals surface area contributed by atoms with E-state index in [0.29, 0.717) is 12.0 Å². The zero-order chi connectivity index (χ0) is 16.4. The van der Waals surface area contributed by atoms with Gasteiger partial charge in [-0.1, -0.05) is 12.1 Å². The van der Waals surface area contributed by atoms with Gasteiger partial charge in [0.25, 0.3) is 0 Å². The van der Waals surface area contributed by atoms with E-state index in [1.54, 1.807) is 0 Å². The molecule has 3 rings (SSSR count). The largest absolute Gasteiger partial charge is 0.326 e. The van der Waals surface area contributed by atoms with Crippen LogP contribution in [0.1, 0.15) is 50.3 Å². The number of benzene rings is 1. The molecule has 0 saturated carbocycles. The van der Waals surface area contributed by atoms with E-state index in [-0.39, 0.29) is 11.4 Å². The summed E-state index contributed by atoms with van der Waals surface area (Å²) in [5.41, 5.74) is 3.45. The topological polar surface area (TPSA) is 54.0 Å². The third-order valence-corrected chi connectivity index (χ3v) is 4.63. The number of anilines is 1. The second kappa shape index (κ2) is 6.13. The van der Waals surface area contributed by atoms with Gasteiger partial charge < -0.3 is 10.6 Å². The molecule has 120 valence electrons. The van der Waals surface area contributed by atoms with E-state index in [9.17, 15) is 4.79 Å². The molecule has 1 aliphatic rings. The highest BCUT2D eigenvalue weighted by Crippen LogP contribution is 2.43. The van der Waals surface area contributed by atoms with Crippen LogP contribution in [0.4, 0.5) is 5.69 Å². The monoisotopic (exact) mass is 309 g/mol. The molecule has 2 atom stereocenters. The van der Waals surface area contributed by atoms with Crippen molar-refractivity contribution in [1.82, 2.24) is 10.3 Å². The molecule has 2 aromatic rings.